The molecular weight excluding hydrogens is 1720 g/mol. The van der Waals surface area contributed by atoms with E-state index in [0.717, 1.165) is 0 Å². The number of aliphatic hydroxyl groups excluding tert-OH is 24. The van der Waals surface area contributed by atoms with Crippen LogP contribution in [0, 0.1) is 0 Å². The fourth-order valence-corrected chi connectivity index (χ4v) is 36.6. The quantitative estimate of drug-likeness (QED) is 0.0199. The summed E-state index contributed by atoms with van der Waals surface area (Å²) in [5.41, 5.74) is 0. The Morgan fingerprint density at radius 3 is 0.301 bits per heavy atom. The molecule has 28 nitrogen and oxygen atoms in total. The number of carboxylic acids is 2. The van der Waals surface area contributed by atoms with Crippen molar-refractivity contribution in [3.63, 3.8) is 0 Å². The molecule has 0 aromatic heterocycles. The van der Waals surface area contributed by atoms with Crippen molar-refractivity contribution in [3.05, 3.63) is 0 Å². The molecule has 0 aliphatic rings. The van der Waals surface area contributed by atoms with Crippen molar-refractivity contribution in [1.29, 1.82) is 0 Å². The molecule has 24 unspecified atom stereocenters. The summed E-state index contributed by atoms with van der Waals surface area (Å²) in [7, 11) is -12.8. The number of carbonyl (C=O) groups is 2. The van der Waals surface area contributed by atoms with Crippen LogP contribution in [0.25, 0.3) is 0 Å². The number of rotatable bonds is 52. The van der Waals surface area contributed by atoms with Crippen LogP contribution >= 0.6 is 62.1 Å². The maximum atomic E-state index is 10.9. The molecule has 0 spiro atoms. The zero-order valence-electron chi connectivity index (χ0n) is 73.6. The van der Waals surface area contributed by atoms with E-state index in [0.29, 0.717) is 154 Å². The largest absolute Gasteiger partial charge is 2.00 e. The molecule has 0 bridgehead atoms. The van der Waals surface area contributed by atoms with E-state index in [4.69, 9.17) is 0 Å². The topological polar surface area (TPSA) is 566 Å². The molecule has 24 N–H and O–H groups in total. The van der Waals surface area contributed by atoms with Crippen LogP contribution in [0.15, 0.2) is 0 Å². The Bertz CT molecular complexity index is 1640. The summed E-state index contributed by atoms with van der Waals surface area (Å²) in [6.45, 7) is 43.9. The molecule has 0 aromatic rings. The summed E-state index contributed by atoms with van der Waals surface area (Å²) in [6, 6.07) is 0. The van der Waals surface area contributed by atoms with E-state index in [1.807, 2.05) is 125 Å². The summed E-state index contributed by atoms with van der Waals surface area (Å²) in [5.74, 6) is -18.0. The van der Waals surface area contributed by atoms with E-state index < -0.39 is 227 Å². The van der Waals surface area contributed by atoms with Gasteiger partial charge in [-0.2, -0.15) is 0 Å². The van der Waals surface area contributed by atoms with E-state index in [1.165, 1.54) is 0 Å². The smallest absolute Gasteiger partial charge is 2.00 e. The maximum absolute atomic E-state index is 10.9. The predicted octanol–water partition coefficient (Wildman–Crippen LogP) is 9.26. The molecule has 0 fully saturated rings. The van der Waals surface area contributed by atoms with Crippen molar-refractivity contribution < 1.29 is 163 Å². The summed E-state index contributed by atoms with van der Waals surface area (Å²) in [4.78, 5) is 21.7. The van der Waals surface area contributed by atoms with E-state index in [2.05, 4.69) is 0 Å². The van der Waals surface area contributed by atoms with Gasteiger partial charge in [0.1, 0.15) is 0 Å². The Kier molecular flexibility index (Phi) is 92.8. The third-order valence-electron chi connectivity index (χ3n) is 19.7. The molecular formula is C76H174O28P8Pd. The van der Waals surface area contributed by atoms with Gasteiger partial charge in [-0.15, -0.1) is 0 Å². The molecule has 0 radical (unpaired) electrons. The molecule has 0 saturated heterocycles. The first-order valence-electron chi connectivity index (χ1n) is 41.6. The molecule has 0 heterocycles. The van der Waals surface area contributed by atoms with Crippen LogP contribution < -0.4 is 10.2 Å². The number of aliphatic carboxylic acids is 2. The minimum absolute atomic E-state index is 0. The summed E-state index contributed by atoms with van der Waals surface area (Å²) in [5, 5.41) is 255. The van der Waals surface area contributed by atoms with E-state index in [9.17, 15) is 142 Å². The first-order valence-corrected chi connectivity index (χ1v) is 55.7. The van der Waals surface area contributed by atoms with Gasteiger partial charge >= 0.3 is 225 Å². The molecule has 0 aliphatic heterocycles. The number of hydrogen-bond acceptors (Lipinski definition) is 28. The second-order valence-corrected chi connectivity index (χ2v) is 52.8. The zero-order chi connectivity index (χ0) is 89.9. The second-order valence-electron chi connectivity index (χ2n) is 27.5. The van der Waals surface area contributed by atoms with Gasteiger partial charge in [0.05, 0.1) is 105 Å². The Morgan fingerprint density at radius 1 is 0.186 bits per heavy atom. The number of carboxylic acid groups (broad SMARTS) is 2. The third-order valence-corrected chi connectivity index (χ3v) is 50.4. The van der Waals surface area contributed by atoms with Crippen molar-refractivity contribution in [3.8, 4) is 0 Å². The van der Waals surface area contributed by atoms with E-state index in [1.54, 1.807) is 41.5 Å². The maximum Gasteiger partial charge on any atom is 2.00 e. The summed E-state index contributed by atoms with van der Waals surface area (Å²) >= 11 is 0. The molecule has 0 aliphatic carbocycles. The number of aliphatic hydroxyl groups is 24. The fourth-order valence-electron chi connectivity index (χ4n) is 12.2. The standard InChI is InChI=1S/2C11H25O5P.6C9H21O3P.Pd/c2*1-4-9(14)17(7-8(12)13,10(15)5-2)11(16)6-3;6*1-4-7(10)13(8(11)5-2)9(12)6-3;/h2*9-11,14-17H,4-7H2,1-3H3,(H,12,13);6*7-12H,4-6H2,1-3H3;/q;;;;;;;;+2/p-2. The van der Waals surface area contributed by atoms with Crippen molar-refractivity contribution in [2.24, 2.45) is 0 Å². The Balaban J connectivity index is -0.000000156. The number of hydrogen-bond donors (Lipinski definition) is 24. The van der Waals surface area contributed by atoms with Gasteiger partial charge < -0.3 is 91.9 Å². The molecule has 24 atom stereocenters. The van der Waals surface area contributed by atoms with Crippen LogP contribution in [0.1, 0.15) is 320 Å². The van der Waals surface area contributed by atoms with Crippen molar-refractivity contribution in [2.75, 3.05) is 12.3 Å². The van der Waals surface area contributed by atoms with Gasteiger partial charge in [-0.3, -0.25) is 0 Å². The van der Waals surface area contributed by atoms with Crippen LogP contribution in [0.2, 0.25) is 0 Å². The Morgan fingerprint density at radius 2 is 0.257 bits per heavy atom. The van der Waals surface area contributed by atoms with Crippen LogP contribution in [0.3, 0.4) is 0 Å². The molecule has 37 heteroatoms. The van der Waals surface area contributed by atoms with Gasteiger partial charge in [-0.05, 0) is 163 Å². The molecule has 0 rings (SSSR count). The molecule has 0 saturated carbocycles. The van der Waals surface area contributed by atoms with E-state index >= 15 is 0 Å². The average Bonchev–Trinajstić information content (AvgIpc) is 0.792. The Hall–Kier alpha value is 2.08. The normalized spacial score (nSPS) is 19.9. The molecule has 0 amide bonds. The van der Waals surface area contributed by atoms with Gasteiger partial charge in [0.25, 0.3) is 0 Å². The fraction of sp³-hybridized carbons (Fsp3) is 0.974. The van der Waals surface area contributed by atoms with Gasteiger partial charge in [-0.1, -0.05) is 125 Å². The van der Waals surface area contributed by atoms with Gasteiger partial charge in [-0.25, -0.2) is 0 Å². The van der Waals surface area contributed by atoms with E-state index in [-0.39, 0.29) is 20.4 Å². The van der Waals surface area contributed by atoms with Crippen molar-refractivity contribution >= 4 is 74.0 Å². The molecule has 113 heavy (non-hydrogen) atoms. The zero-order valence-corrected chi connectivity index (χ0v) is 82.5. The first kappa shape index (κ1) is 133. The number of carbonyl (C=O) groups excluding carboxylic acids is 2. The molecule has 696 valence electrons. The predicted molar refractivity (Wildman–Crippen MR) is 469 cm³/mol. The van der Waals surface area contributed by atoms with Gasteiger partial charge in [0.15, 0.2) is 0 Å². The minimum atomic E-state index is -3.16. The summed E-state index contributed by atoms with van der Waals surface area (Å²) < 4.78 is 0. The SMILES string of the molecule is CCC(O)P(C(O)CC)C(O)CC.CCC(O)P(C(O)CC)C(O)CC.CCC(O)P(C(O)CC)C(O)CC.CCC(O)P(C(O)CC)C(O)CC.CCC(O)P(C(O)CC)C(O)CC.CCC(O)P(C(O)CC)C(O)CC.CCC(O)[PH](CC(=O)[O-])(C(O)CC)C(O)CC.CCC(O)[PH](CC(=O)[O-])(C(O)CC)C(O)CC.[Pd+2]. The Labute approximate surface area is 705 Å². The summed E-state index contributed by atoms with van der Waals surface area (Å²) in [6.07, 6.45) is 11.9. The average molecular weight is 1890 g/mol. The van der Waals surface area contributed by atoms with Gasteiger partial charge in [0.2, 0.25) is 0 Å². The second kappa shape index (κ2) is 78.8. The van der Waals surface area contributed by atoms with Crippen LogP contribution in [-0.2, 0) is 30.0 Å². The minimum Gasteiger partial charge on any atom is 2.00 e. The van der Waals surface area contributed by atoms with Gasteiger partial charge in [0, 0.05) is 0 Å². The first-order chi connectivity index (χ1) is 52.2. The van der Waals surface area contributed by atoms with Crippen molar-refractivity contribution in [1.82, 2.24) is 0 Å². The molecule has 0 aromatic carbocycles. The monoisotopic (exact) mass is 1890 g/mol. The third kappa shape index (κ3) is 50.7. The van der Waals surface area contributed by atoms with Crippen LogP contribution in [0.5, 0.6) is 0 Å². The van der Waals surface area contributed by atoms with Crippen molar-refractivity contribution in [2.45, 2.75) is 461 Å². The van der Waals surface area contributed by atoms with Crippen LogP contribution in [-0.4, -0.2) is 287 Å². The van der Waals surface area contributed by atoms with Crippen LogP contribution in [0.4, 0.5) is 0 Å².